The summed E-state index contributed by atoms with van der Waals surface area (Å²) in [5.74, 6) is -2.13. The molecule has 18 heavy (non-hydrogen) atoms. The van der Waals surface area contributed by atoms with E-state index in [1.807, 2.05) is 0 Å². The van der Waals surface area contributed by atoms with Crippen LogP contribution in [0.2, 0.25) is 5.02 Å². The van der Waals surface area contributed by atoms with E-state index in [9.17, 15) is 9.59 Å². The maximum atomic E-state index is 11.7. The van der Waals surface area contributed by atoms with Gasteiger partial charge in [-0.2, -0.15) is 0 Å². The molecule has 1 heterocycles. The Morgan fingerprint density at radius 3 is 2.83 bits per heavy atom. The quantitative estimate of drug-likeness (QED) is 0.802. The number of nitrogens with one attached hydrogen (secondary N) is 1. The molecule has 1 aromatic carbocycles. The average molecular weight is 270 g/mol. The van der Waals surface area contributed by atoms with E-state index in [0.29, 0.717) is 16.3 Å². The third-order valence-electron chi connectivity index (χ3n) is 2.99. The molecule has 0 bridgehead atoms. The maximum absolute atomic E-state index is 11.7. The lowest BCUT2D eigenvalue weighted by Crippen LogP contribution is -2.37. The first-order valence-corrected chi connectivity index (χ1v) is 5.78. The fraction of sp³-hybridized carbons (Fsp3) is 0.333. The Morgan fingerprint density at radius 2 is 2.22 bits per heavy atom. The first-order valence-electron chi connectivity index (χ1n) is 5.40. The van der Waals surface area contributed by atoms with Gasteiger partial charge in [-0.15, -0.1) is 0 Å². The number of esters is 1. The zero-order valence-electron chi connectivity index (χ0n) is 9.64. The predicted octanol–water partition coefficient (Wildman–Crippen LogP) is 1.87. The van der Waals surface area contributed by atoms with Crippen molar-refractivity contribution >= 4 is 29.2 Å². The van der Waals surface area contributed by atoms with Gasteiger partial charge < -0.3 is 15.2 Å². The zero-order valence-corrected chi connectivity index (χ0v) is 10.4. The molecule has 5 nitrogen and oxygen atoms in total. The fourth-order valence-corrected chi connectivity index (χ4v) is 2.44. The summed E-state index contributed by atoms with van der Waals surface area (Å²) in [7, 11) is 1.27. The molecule has 0 spiro atoms. The van der Waals surface area contributed by atoms with Crippen molar-refractivity contribution in [2.75, 3.05) is 12.4 Å². The minimum atomic E-state index is -1.01. The topological polar surface area (TPSA) is 75.6 Å². The Hall–Kier alpha value is -1.75. The zero-order chi connectivity index (χ0) is 13.3. The average Bonchev–Trinajstić information content (AvgIpc) is 2.36. The van der Waals surface area contributed by atoms with Crippen LogP contribution < -0.4 is 5.32 Å². The standard InChI is InChI=1S/C12H12ClNO4/c1-18-12(17)6-5-9(11(15)16)14-8-4-2-3-7(13)10(6)8/h2-4,6,9,14H,5H2,1H3,(H,15,16)/t6-,9+/m1/s1. The number of carboxylic acid groups (broad SMARTS) is 1. The highest BCUT2D eigenvalue weighted by atomic mass is 35.5. The van der Waals surface area contributed by atoms with Gasteiger partial charge in [0.05, 0.1) is 13.0 Å². The largest absolute Gasteiger partial charge is 0.480 e. The van der Waals surface area contributed by atoms with Crippen LogP contribution in [0.15, 0.2) is 18.2 Å². The smallest absolute Gasteiger partial charge is 0.326 e. The summed E-state index contributed by atoms with van der Waals surface area (Å²) >= 11 is 6.07. The van der Waals surface area contributed by atoms with E-state index in [1.54, 1.807) is 18.2 Å². The molecule has 1 aliphatic rings. The molecular weight excluding hydrogens is 258 g/mol. The summed E-state index contributed by atoms with van der Waals surface area (Å²) in [4.78, 5) is 22.8. The Balaban J connectivity index is 2.47. The highest BCUT2D eigenvalue weighted by molar-refractivity contribution is 6.32. The lowest BCUT2D eigenvalue weighted by Gasteiger charge is -2.30. The van der Waals surface area contributed by atoms with Gasteiger partial charge in [-0.25, -0.2) is 4.79 Å². The summed E-state index contributed by atoms with van der Waals surface area (Å²) in [6.45, 7) is 0. The third-order valence-corrected chi connectivity index (χ3v) is 3.32. The summed E-state index contributed by atoms with van der Waals surface area (Å²) in [5, 5.41) is 12.3. The Labute approximate surface area is 109 Å². The van der Waals surface area contributed by atoms with Crippen LogP contribution in [0, 0.1) is 0 Å². The molecule has 0 aliphatic carbocycles. The molecular formula is C12H12ClNO4. The Bertz CT molecular complexity index is 503. The predicted molar refractivity (Wildman–Crippen MR) is 65.9 cm³/mol. The number of ether oxygens (including phenoxy) is 1. The number of anilines is 1. The minimum absolute atomic E-state index is 0.124. The maximum Gasteiger partial charge on any atom is 0.326 e. The third kappa shape index (κ3) is 2.13. The van der Waals surface area contributed by atoms with Gasteiger partial charge >= 0.3 is 11.9 Å². The first kappa shape index (κ1) is 12.7. The molecule has 1 aromatic rings. The van der Waals surface area contributed by atoms with Gasteiger partial charge in [-0.1, -0.05) is 17.7 Å². The van der Waals surface area contributed by atoms with Crippen molar-refractivity contribution in [1.29, 1.82) is 0 Å². The second-order valence-corrected chi connectivity index (χ2v) is 4.45. The van der Waals surface area contributed by atoms with Crippen LogP contribution in [0.1, 0.15) is 17.9 Å². The molecule has 0 saturated carbocycles. The first-order chi connectivity index (χ1) is 8.54. The molecule has 1 aliphatic heterocycles. The van der Waals surface area contributed by atoms with Gasteiger partial charge in [0.1, 0.15) is 6.04 Å². The summed E-state index contributed by atoms with van der Waals surface area (Å²) in [6, 6.07) is 4.25. The van der Waals surface area contributed by atoms with E-state index < -0.39 is 23.9 Å². The molecule has 6 heteroatoms. The summed E-state index contributed by atoms with van der Waals surface area (Å²) in [6.07, 6.45) is 0.124. The number of hydrogen-bond acceptors (Lipinski definition) is 4. The number of carboxylic acids is 1. The van der Waals surface area contributed by atoms with Gasteiger partial charge in [0.15, 0.2) is 0 Å². The molecule has 2 N–H and O–H groups in total. The molecule has 0 radical (unpaired) electrons. The van der Waals surface area contributed by atoms with Crippen LogP contribution in [0.4, 0.5) is 5.69 Å². The molecule has 96 valence electrons. The highest BCUT2D eigenvalue weighted by Gasteiger charge is 2.36. The number of benzene rings is 1. The van der Waals surface area contributed by atoms with Gasteiger partial charge in [0.25, 0.3) is 0 Å². The number of carbonyl (C=O) groups excluding carboxylic acids is 1. The Morgan fingerprint density at radius 1 is 1.50 bits per heavy atom. The number of halogens is 1. The normalized spacial score (nSPS) is 21.7. The monoisotopic (exact) mass is 269 g/mol. The second kappa shape index (κ2) is 4.86. The highest BCUT2D eigenvalue weighted by Crippen LogP contribution is 2.39. The lowest BCUT2D eigenvalue weighted by molar-refractivity contribution is -0.143. The van der Waals surface area contributed by atoms with Crippen molar-refractivity contribution < 1.29 is 19.4 Å². The lowest BCUT2D eigenvalue weighted by atomic mass is 9.87. The summed E-state index contributed by atoms with van der Waals surface area (Å²) in [5.41, 5.74) is 1.17. The number of aliphatic carboxylic acids is 1. The number of fused-ring (bicyclic) bond motifs is 1. The van der Waals surface area contributed by atoms with Crippen molar-refractivity contribution in [2.45, 2.75) is 18.4 Å². The van der Waals surface area contributed by atoms with E-state index in [1.165, 1.54) is 7.11 Å². The van der Waals surface area contributed by atoms with Crippen molar-refractivity contribution in [1.82, 2.24) is 0 Å². The Kier molecular flexibility index (Phi) is 3.43. The van der Waals surface area contributed by atoms with E-state index in [0.717, 1.165) is 0 Å². The fourth-order valence-electron chi connectivity index (χ4n) is 2.14. The van der Waals surface area contributed by atoms with Crippen LogP contribution >= 0.6 is 11.6 Å². The number of hydrogen-bond donors (Lipinski definition) is 2. The molecule has 0 aromatic heterocycles. The van der Waals surface area contributed by atoms with Gasteiger partial charge in [0, 0.05) is 16.3 Å². The van der Waals surface area contributed by atoms with Crippen molar-refractivity contribution in [3.05, 3.63) is 28.8 Å². The molecule has 0 unspecified atom stereocenters. The van der Waals surface area contributed by atoms with Crippen molar-refractivity contribution in [3.8, 4) is 0 Å². The van der Waals surface area contributed by atoms with Crippen molar-refractivity contribution in [3.63, 3.8) is 0 Å². The van der Waals surface area contributed by atoms with E-state index in [2.05, 4.69) is 5.32 Å². The van der Waals surface area contributed by atoms with E-state index >= 15 is 0 Å². The van der Waals surface area contributed by atoms with E-state index in [4.69, 9.17) is 21.4 Å². The molecule has 0 amide bonds. The van der Waals surface area contributed by atoms with Crippen LogP contribution in [0.3, 0.4) is 0 Å². The number of carbonyl (C=O) groups is 2. The molecule has 2 atom stereocenters. The molecule has 2 rings (SSSR count). The van der Waals surface area contributed by atoms with Gasteiger partial charge in [-0.3, -0.25) is 4.79 Å². The van der Waals surface area contributed by atoms with Crippen LogP contribution in [0.25, 0.3) is 0 Å². The van der Waals surface area contributed by atoms with Gasteiger partial charge in [-0.05, 0) is 18.6 Å². The molecule has 0 fully saturated rings. The summed E-state index contributed by atoms with van der Waals surface area (Å²) < 4.78 is 4.71. The van der Waals surface area contributed by atoms with Crippen molar-refractivity contribution in [2.24, 2.45) is 0 Å². The number of methoxy groups -OCH3 is 1. The number of rotatable bonds is 2. The second-order valence-electron chi connectivity index (χ2n) is 4.05. The van der Waals surface area contributed by atoms with Gasteiger partial charge in [0.2, 0.25) is 0 Å². The van der Waals surface area contributed by atoms with Crippen LogP contribution in [0.5, 0.6) is 0 Å². The SMILES string of the molecule is COC(=O)[C@@H]1C[C@@H](C(=O)O)Nc2cccc(Cl)c21. The van der Waals surface area contributed by atoms with Crippen LogP contribution in [-0.2, 0) is 14.3 Å². The van der Waals surface area contributed by atoms with E-state index in [-0.39, 0.29) is 6.42 Å². The minimum Gasteiger partial charge on any atom is -0.480 e. The molecule has 0 saturated heterocycles. The van der Waals surface area contributed by atoms with Crippen LogP contribution in [-0.4, -0.2) is 30.2 Å².